The number of aromatic nitrogens is 2. The molecule has 1 aromatic heterocycles. The second kappa shape index (κ2) is 6.00. The van der Waals surface area contributed by atoms with Crippen molar-refractivity contribution >= 4 is 17.5 Å². The molecule has 2 rings (SSSR count). The predicted molar refractivity (Wildman–Crippen MR) is 74.7 cm³/mol. The van der Waals surface area contributed by atoms with E-state index >= 15 is 0 Å². The number of aliphatic hydroxyl groups is 1. The molecule has 1 aromatic rings. The zero-order chi connectivity index (χ0) is 14.6. The number of nitrogens with one attached hydrogen (secondary N) is 2. The lowest BCUT2D eigenvalue weighted by Crippen LogP contribution is -2.18. The van der Waals surface area contributed by atoms with Gasteiger partial charge in [0.15, 0.2) is 0 Å². The van der Waals surface area contributed by atoms with E-state index in [9.17, 15) is 10.1 Å². The normalized spacial score (nSPS) is 15.7. The average Bonchev–Trinajstić information content (AvgIpc) is 3.17. The summed E-state index contributed by atoms with van der Waals surface area (Å²) in [6.45, 7) is 3.26. The van der Waals surface area contributed by atoms with Gasteiger partial charge in [-0.15, -0.1) is 0 Å². The van der Waals surface area contributed by atoms with Crippen LogP contribution in [0.25, 0.3) is 0 Å². The molecule has 1 aliphatic carbocycles. The summed E-state index contributed by atoms with van der Waals surface area (Å²) in [4.78, 5) is 18.5. The van der Waals surface area contributed by atoms with Crippen molar-refractivity contribution in [3.63, 3.8) is 0 Å². The van der Waals surface area contributed by atoms with Crippen molar-refractivity contribution < 1.29 is 10.0 Å². The van der Waals surface area contributed by atoms with Gasteiger partial charge in [-0.25, -0.2) is 4.98 Å². The van der Waals surface area contributed by atoms with E-state index in [-0.39, 0.29) is 23.5 Å². The summed E-state index contributed by atoms with van der Waals surface area (Å²) in [6.07, 6.45) is 3.97. The minimum absolute atomic E-state index is 0.0614. The maximum atomic E-state index is 11.0. The Morgan fingerprint density at radius 2 is 2.25 bits per heavy atom. The molecule has 0 aromatic carbocycles. The van der Waals surface area contributed by atoms with Crippen molar-refractivity contribution in [2.75, 3.05) is 30.3 Å². The molecule has 3 N–H and O–H groups in total. The van der Waals surface area contributed by atoms with E-state index < -0.39 is 4.92 Å². The van der Waals surface area contributed by atoms with Crippen LogP contribution in [0, 0.1) is 15.5 Å². The lowest BCUT2D eigenvalue weighted by molar-refractivity contribution is -0.384. The van der Waals surface area contributed by atoms with E-state index in [1.807, 2.05) is 6.92 Å². The molecule has 8 nitrogen and oxygen atoms in total. The summed E-state index contributed by atoms with van der Waals surface area (Å²) >= 11 is 0. The highest BCUT2D eigenvalue weighted by Gasteiger charge is 2.42. The summed E-state index contributed by atoms with van der Waals surface area (Å²) in [5.74, 6) is 0.595. The van der Waals surface area contributed by atoms with E-state index in [2.05, 4.69) is 20.6 Å². The smallest absolute Gasteiger partial charge is 0.329 e. The van der Waals surface area contributed by atoms with E-state index in [1.54, 1.807) is 0 Å². The monoisotopic (exact) mass is 281 g/mol. The van der Waals surface area contributed by atoms with Crippen molar-refractivity contribution in [2.24, 2.45) is 5.41 Å². The van der Waals surface area contributed by atoms with Crippen molar-refractivity contribution in [2.45, 2.75) is 26.2 Å². The average molecular weight is 281 g/mol. The van der Waals surface area contributed by atoms with E-state index in [0.717, 1.165) is 12.8 Å². The Morgan fingerprint density at radius 3 is 2.80 bits per heavy atom. The fraction of sp³-hybridized carbons (Fsp3) is 0.667. The Labute approximate surface area is 116 Å². The molecule has 0 spiro atoms. The van der Waals surface area contributed by atoms with Crippen LogP contribution in [0.2, 0.25) is 0 Å². The fourth-order valence-corrected chi connectivity index (χ4v) is 2.08. The molecule has 0 amide bonds. The molecule has 1 fully saturated rings. The van der Waals surface area contributed by atoms with Crippen LogP contribution in [0.4, 0.5) is 17.5 Å². The first-order valence-corrected chi connectivity index (χ1v) is 6.70. The zero-order valence-corrected chi connectivity index (χ0v) is 11.4. The van der Waals surface area contributed by atoms with Gasteiger partial charge in [-0.3, -0.25) is 10.1 Å². The van der Waals surface area contributed by atoms with Gasteiger partial charge in [0.2, 0.25) is 11.8 Å². The van der Waals surface area contributed by atoms with Crippen molar-refractivity contribution in [3.8, 4) is 0 Å². The summed E-state index contributed by atoms with van der Waals surface area (Å²) in [6, 6.07) is 0. The summed E-state index contributed by atoms with van der Waals surface area (Å²) in [5.41, 5.74) is -0.0715. The highest BCUT2D eigenvalue weighted by molar-refractivity contribution is 5.57. The molecule has 0 saturated heterocycles. The van der Waals surface area contributed by atoms with Gasteiger partial charge in [-0.1, -0.05) is 0 Å². The second-order valence-electron chi connectivity index (χ2n) is 5.04. The van der Waals surface area contributed by atoms with Crippen LogP contribution in [0.1, 0.15) is 26.2 Å². The van der Waals surface area contributed by atoms with Crippen molar-refractivity contribution in [1.82, 2.24) is 9.97 Å². The van der Waals surface area contributed by atoms with Gasteiger partial charge in [0.05, 0.1) is 4.92 Å². The number of anilines is 2. The lowest BCUT2D eigenvalue weighted by atomic mass is 10.0. The van der Waals surface area contributed by atoms with Gasteiger partial charge in [0.25, 0.3) is 0 Å². The first kappa shape index (κ1) is 14.4. The van der Waals surface area contributed by atoms with Crippen LogP contribution >= 0.6 is 0 Å². The van der Waals surface area contributed by atoms with Crippen LogP contribution in [-0.2, 0) is 0 Å². The lowest BCUT2D eigenvalue weighted by Gasteiger charge is -2.15. The standard InChI is InChI=1S/C12H19N5O3/c1-2-13-11-14-7-9(17(19)20)10(16-11)15-8-12(3-4-12)5-6-18/h7,18H,2-6,8H2,1H3,(H2,13,14,15,16). The molecule has 0 bridgehead atoms. The Morgan fingerprint density at radius 1 is 1.50 bits per heavy atom. The zero-order valence-electron chi connectivity index (χ0n) is 11.4. The SMILES string of the molecule is CCNc1ncc([N+](=O)[O-])c(NCC2(CCO)CC2)n1. The quantitative estimate of drug-likeness (QED) is 0.487. The first-order chi connectivity index (χ1) is 9.60. The molecule has 1 heterocycles. The topological polar surface area (TPSA) is 113 Å². The number of nitrogens with zero attached hydrogens (tertiary/aromatic N) is 3. The Kier molecular flexibility index (Phi) is 4.33. The maximum Gasteiger partial charge on any atom is 0.329 e. The first-order valence-electron chi connectivity index (χ1n) is 6.70. The van der Waals surface area contributed by atoms with E-state index in [4.69, 9.17) is 5.11 Å². The molecule has 110 valence electrons. The third-order valence-corrected chi connectivity index (χ3v) is 3.53. The molecule has 0 atom stereocenters. The summed E-state index contributed by atoms with van der Waals surface area (Å²) < 4.78 is 0. The molecule has 0 radical (unpaired) electrons. The minimum atomic E-state index is -0.496. The van der Waals surface area contributed by atoms with E-state index in [1.165, 1.54) is 6.20 Å². The summed E-state index contributed by atoms with van der Waals surface area (Å²) in [7, 11) is 0. The molecule has 0 aliphatic heterocycles. The van der Waals surface area contributed by atoms with Crippen molar-refractivity contribution in [1.29, 1.82) is 0 Å². The van der Waals surface area contributed by atoms with Crippen LogP contribution in [-0.4, -0.2) is 39.7 Å². The highest BCUT2D eigenvalue weighted by Crippen LogP contribution is 2.48. The van der Waals surface area contributed by atoms with Crippen molar-refractivity contribution in [3.05, 3.63) is 16.3 Å². The van der Waals surface area contributed by atoms with Crippen LogP contribution in [0.5, 0.6) is 0 Å². The predicted octanol–water partition coefficient (Wildman–Crippen LogP) is 1.39. The number of aliphatic hydroxyl groups excluding tert-OH is 1. The summed E-state index contributed by atoms with van der Waals surface area (Å²) in [5, 5.41) is 26.0. The third kappa shape index (κ3) is 3.32. The second-order valence-corrected chi connectivity index (χ2v) is 5.04. The van der Waals surface area contributed by atoms with Gasteiger partial charge in [0, 0.05) is 19.7 Å². The van der Waals surface area contributed by atoms with Crippen LogP contribution in [0.15, 0.2) is 6.20 Å². The largest absolute Gasteiger partial charge is 0.396 e. The molecular weight excluding hydrogens is 262 g/mol. The number of nitro groups is 1. The Balaban J connectivity index is 2.11. The third-order valence-electron chi connectivity index (χ3n) is 3.53. The maximum absolute atomic E-state index is 11.0. The van der Waals surface area contributed by atoms with Gasteiger partial charge in [-0.2, -0.15) is 4.98 Å². The highest BCUT2D eigenvalue weighted by atomic mass is 16.6. The molecule has 0 unspecified atom stereocenters. The molecule has 20 heavy (non-hydrogen) atoms. The fourth-order valence-electron chi connectivity index (χ4n) is 2.08. The number of hydrogen-bond donors (Lipinski definition) is 3. The molecule has 8 heteroatoms. The van der Waals surface area contributed by atoms with Gasteiger partial charge in [-0.05, 0) is 31.6 Å². The van der Waals surface area contributed by atoms with Crippen LogP contribution < -0.4 is 10.6 Å². The van der Waals surface area contributed by atoms with Gasteiger partial charge < -0.3 is 15.7 Å². The number of rotatable bonds is 8. The molecule has 1 aliphatic rings. The van der Waals surface area contributed by atoms with Gasteiger partial charge >= 0.3 is 5.69 Å². The van der Waals surface area contributed by atoms with Gasteiger partial charge in [0.1, 0.15) is 6.20 Å². The number of hydrogen-bond acceptors (Lipinski definition) is 7. The molecular formula is C12H19N5O3. The molecule has 1 saturated carbocycles. The van der Waals surface area contributed by atoms with E-state index in [0.29, 0.717) is 25.5 Å². The Bertz CT molecular complexity index is 490. The minimum Gasteiger partial charge on any atom is -0.396 e. The Hall–Kier alpha value is -1.96. The van der Waals surface area contributed by atoms with Crippen LogP contribution in [0.3, 0.4) is 0 Å².